The maximum absolute atomic E-state index is 14.3. The number of hydrogen-bond donors (Lipinski definition) is 2. The van der Waals surface area contributed by atoms with Crippen LogP contribution in [0.5, 0.6) is 0 Å². The van der Waals surface area contributed by atoms with Crippen molar-refractivity contribution in [3.05, 3.63) is 24.3 Å². The van der Waals surface area contributed by atoms with Crippen LogP contribution in [0.2, 0.25) is 8.87 Å². The molecule has 372 valence electrons. The first kappa shape index (κ1) is 62.9. The summed E-state index contributed by atoms with van der Waals surface area (Å²) in [5.41, 5.74) is 0. The van der Waals surface area contributed by atoms with Crippen LogP contribution in [0.1, 0.15) is 285 Å². The van der Waals surface area contributed by atoms with Gasteiger partial charge < -0.3 is 0 Å². The Morgan fingerprint density at radius 1 is 0.365 bits per heavy atom. The Morgan fingerprint density at radius 3 is 0.905 bits per heavy atom. The van der Waals surface area contributed by atoms with Gasteiger partial charge in [0.05, 0.1) is 0 Å². The quantitative estimate of drug-likeness (QED) is 0.0276. The maximum atomic E-state index is 14.3. The van der Waals surface area contributed by atoms with E-state index in [-0.39, 0.29) is 23.8 Å². The first-order valence-corrected chi connectivity index (χ1v) is 35.5. The van der Waals surface area contributed by atoms with E-state index in [1.54, 1.807) is 0 Å². The van der Waals surface area contributed by atoms with Gasteiger partial charge in [0.2, 0.25) is 0 Å². The Bertz CT molecular complexity index is 955. The second-order valence-electron chi connectivity index (χ2n) is 19.2. The van der Waals surface area contributed by atoms with Crippen molar-refractivity contribution in [2.45, 2.75) is 293 Å². The summed E-state index contributed by atoms with van der Waals surface area (Å²) in [6.07, 6.45) is 56.9. The van der Waals surface area contributed by atoms with Gasteiger partial charge in [0, 0.05) is 0 Å². The fourth-order valence-corrected chi connectivity index (χ4v) is 19.0. The van der Waals surface area contributed by atoms with E-state index in [0.29, 0.717) is 11.5 Å². The molecule has 0 aliphatic carbocycles. The Morgan fingerprint density at radius 2 is 0.619 bits per heavy atom. The van der Waals surface area contributed by atoms with Crippen molar-refractivity contribution >= 4 is 56.4 Å². The van der Waals surface area contributed by atoms with Crippen molar-refractivity contribution < 1.29 is 15.7 Å². The number of unbranched alkanes of at least 4 members (excludes halogenated alkanes) is 30. The van der Waals surface area contributed by atoms with Crippen LogP contribution < -0.4 is 0 Å². The zero-order valence-corrected chi connectivity index (χ0v) is 47.2. The molecule has 2 unspecified atom stereocenters. The van der Waals surface area contributed by atoms with E-state index in [4.69, 9.17) is 6.15 Å². The van der Waals surface area contributed by atoms with Crippen molar-refractivity contribution in [3.63, 3.8) is 0 Å². The summed E-state index contributed by atoms with van der Waals surface area (Å²) in [5, 5.41) is 0. The fourth-order valence-electron chi connectivity index (χ4n) is 8.87. The molecule has 0 aromatic rings. The summed E-state index contributed by atoms with van der Waals surface area (Å²) in [4.78, 5) is 28.7. The number of rotatable bonds is 50. The predicted molar refractivity (Wildman–Crippen MR) is 288 cm³/mol. The molecular weight excluding hydrogens is 919 g/mol. The van der Waals surface area contributed by atoms with E-state index in [1.807, 2.05) is 0 Å². The molecule has 0 bridgehead atoms. The minimum Gasteiger partial charge on any atom is -0.0654 e. The molecule has 0 aliphatic heterocycles. The average molecular weight is 1030 g/mol. The molecule has 0 fully saturated rings. The van der Waals surface area contributed by atoms with Crippen LogP contribution in [-0.4, -0.2) is 42.6 Å². The molecule has 4 nitrogen and oxygen atoms in total. The van der Waals surface area contributed by atoms with Gasteiger partial charge in [0.25, 0.3) is 0 Å². The minimum absolute atomic E-state index is 0.0889. The van der Waals surface area contributed by atoms with E-state index < -0.39 is 19.2 Å². The van der Waals surface area contributed by atoms with Gasteiger partial charge in [-0.25, -0.2) is 0 Å². The number of hydrogen-bond acceptors (Lipinski definition) is 6. The summed E-state index contributed by atoms with van der Waals surface area (Å²) in [6, 6.07) is 0. The predicted octanol–water partition coefficient (Wildman–Crippen LogP) is 19.4. The van der Waals surface area contributed by atoms with Crippen molar-refractivity contribution in [1.82, 2.24) is 0 Å². The van der Waals surface area contributed by atoms with E-state index in [2.05, 4.69) is 77.3 Å². The Kier molecular flexibility index (Phi) is 49.7. The Labute approximate surface area is 410 Å². The molecule has 0 aromatic heterocycles. The van der Waals surface area contributed by atoms with Crippen LogP contribution in [0, 0.1) is 11.8 Å². The molecule has 0 radical (unpaired) electrons. The van der Waals surface area contributed by atoms with Crippen molar-refractivity contribution in [2.24, 2.45) is 11.8 Å². The summed E-state index contributed by atoms with van der Waals surface area (Å²) in [5.74, 6) is 0.826. The van der Waals surface area contributed by atoms with Crippen molar-refractivity contribution in [2.75, 3.05) is 11.5 Å². The third kappa shape index (κ3) is 40.7. The van der Waals surface area contributed by atoms with Gasteiger partial charge in [0.1, 0.15) is 0 Å². The van der Waals surface area contributed by atoms with Gasteiger partial charge in [0.15, 0.2) is 0 Å². The topological polar surface area (TPSA) is 52.6 Å². The normalized spacial score (nSPS) is 13.0. The standard InChI is InChI=1S/2C20H38O2S.2C8H17.Sn/c2*1-2-3-4-5-6-7-8-9-10-11-12-13-14-15-16-19(17-18-23)20(21)22;2*1-3-5-7-8-6-4-2;/h2*9-10,19,23H,2-8,11-18H2,1H3,(H,21,22);2*1,3-8H2,2H3;/q;;;;+2/p-2/b2*10-9-;;;. The number of allylic oxidation sites excluding steroid dienone is 4. The third-order valence-corrected chi connectivity index (χ3v) is 23.3. The number of thiol groups is 2. The first-order valence-electron chi connectivity index (χ1n) is 27.9. The molecule has 0 rings (SSSR count). The van der Waals surface area contributed by atoms with Crippen molar-refractivity contribution in [1.29, 1.82) is 0 Å². The second kappa shape index (κ2) is 49.8. The molecule has 0 heterocycles. The van der Waals surface area contributed by atoms with Gasteiger partial charge in [-0.15, -0.1) is 0 Å². The van der Waals surface area contributed by atoms with Gasteiger partial charge in [-0.1, -0.05) is 78.1 Å². The Hall–Kier alpha value is -0.0813. The molecule has 0 amide bonds. The van der Waals surface area contributed by atoms with Crippen LogP contribution in [0.3, 0.4) is 0 Å². The van der Waals surface area contributed by atoms with Crippen LogP contribution in [0.25, 0.3) is 0 Å². The van der Waals surface area contributed by atoms with E-state index >= 15 is 0 Å². The summed E-state index contributed by atoms with van der Waals surface area (Å²) in [7, 11) is 0. The number of carbonyl (C=O) groups is 2. The smallest absolute Gasteiger partial charge is 0.0654 e. The van der Waals surface area contributed by atoms with Gasteiger partial charge in [-0.2, -0.15) is 0 Å². The van der Waals surface area contributed by atoms with E-state index in [1.165, 1.54) is 167 Å². The summed E-state index contributed by atoms with van der Waals surface area (Å²) in [6.45, 7) is 9.08. The minimum atomic E-state index is -4.20. The van der Waals surface area contributed by atoms with Crippen molar-refractivity contribution in [3.8, 4) is 0 Å². The molecule has 0 aromatic carbocycles. The molecule has 0 saturated carbocycles. The van der Waals surface area contributed by atoms with Crippen LogP contribution in [-0.2, 0) is 15.7 Å². The van der Waals surface area contributed by atoms with Crippen LogP contribution >= 0.6 is 25.3 Å². The van der Waals surface area contributed by atoms with Gasteiger partial charge in [-0.05, 0) is 12.8 Å². The molecule has 7 heteroatoms. The van der Waals surface area contributed by atoms with Gasteiger partial charge >= 0.3 is 322 Å². The monoisotopic (exact) mass is 1030 g/mol. The average Bonchev–Trinajstić information content (AvgIpc) is 3.28. The fraction of sp³-hybridized carbons (Fsp3) is 0.893. The van der Waals surface area contributed by atoms with E-state index in [0.717, 1.165) is 98.8 Å². The summed E-state index contributed by atoms with van der Waals surface area (Å²) < 4.78 is 15.3. The molecule has 0 aliphatic rings. The van der Waals surface area contributed by atoms with Crippen LogP contribution in [0.4, 0.5) is 0 Å². The Balaban J connectivity index is 5.55. The zero-order valence-electron chi connectivity index (χ0n) is 42.6. The van der Waals surface area contributed by atoms with Crippen LogP contribution in [0.15, 0.2) is 24.3 Å². The summed E-state index contributed by atoms with van der Waals surface area (Å²) >= 11 is 5.01. The first-order chi connectivity index (χ1) is 30.9. The second-order valence-corrected chi connectivity index (χ2v) is 29.4. The molecule has 0 spiro atoms. The molecule has 63 heavy (non-hydrogen) atoms. The third-order valence-electron chi connectivity index (χ3n) is 13.1. The molecule has 0 N–H and O–H groups in total. The molecule has 0 saturated heterocycles. The molecular formula is C56H108O4S2Sn. The van der Waals surface area contributed by atoms with Gasteiger partial charge in [-0.3, -0.25) is 0 Å². The number of carbonyl (C=O) groups excluding carboxylic acids is 2. The molecule has 2 atom stereocenters. The zero-order chi connectivity index (χ0) is 46.2. The van der Waals surface area contributed by atoms with E-state index in [9.17, 15) is 9.59 Å². The SMILES string of the molecule is CCCCCCCC/C=C\CCCCCCC(CCS)C(=O)[O][Sn]([CH2]CCCCCCC)([CH2]CCCCCCC)[O]C(=O)C(CCS)CCCCCC/C=C\CCCCCCCC.